The maximum Gasteiger partial charge on any atom is 0.141 e. The summed E-state index contributed by atoms with van der Waals surface area (Å²) in [6.07, 6.45) is 0. The van der Waals surface area contributed by atoms with Crippen LogP contribution in [0, 0.1) is 24.1 Å². The third-order valence-electron chi connectivity index (χ3n) is 3.17. The first-order valence-electron chi connectivity index (χ1n) is 6.44. The lowest BCUT2D eigenvalue weighted by atomic mass is 10.1. The average Bonchev–Trinajstić information content (AvgIpc) is 2.81. The van der Waals surface area contributed by atoms with Crippen molar-refractivity contribution < 1.29 is 4.39 Å². The Morgan fingerprint density at radius 1 is 1.50 bits per heavy atom. The monoisotopic (exact) mass is 273 g/mol. The summed E-state index contributed by atoms with van der Waals surface area (Å²) in [4.78, 5) is 0. The molecule has 0 saturated carbocycles. The number of nitrogens with zero attached hydrogens (tertiary/aromatic N) is 4. The number of benzene rings is 1. The van der Waals surface area contributed by atoms with Gasteiger partial charge in [-0.25, -0.2) is 9.07 Å². The van der Waals surface area contributed by atoms with E-state index in [-0.39, 0.29) is 11.6 Å². The van der Waals surface area contributed by atoms with Crippen LogP contribution in [-0.4, -0.2) is 21.5 Å². The second kappa shape index (κ2) is 5.80. The Morgan fingerprint density at radius 3 is 2.90 bits per heavy atom. The van der Waals surface area contributed by atoms with Gasteiger partial charge in [0.25, 0.3) is 0 Å². The summed E-state index contributed by atoms with van der Waals surface area (Å²) < 4.78 is 15.0. The Labute approximate surface area is 117 Å². The molecule has 104 valence electrons. The second-order valence-corrected chi connectivity index (χ2v) is 4.53. The highest BCUT2D eigenvalue weighted by Gasteiger charge is 2.16. The molecule has 1 aromatic heterocycles. The number of rotatable bonds is 4. The van der Waals surface area contributed by atoms with E-state index in [1.807, 2.05) is 26.8 Å². The third-order valence-corrected chi connectivity index (χ3v) is 3.17. The van der Waals surface area contributed by atoms with Crippen molar-refractivity contribution in [1.82, 2.24) is 20.3 Å². The lowest BCUT2D eigenvalue weighted by Gasteiger charge is -2.10. The molecule has 0 amide bonds. The molecule has 6 heteroatoms. The van der Waals surface area contributed by atoms with Gasteiger partial charge in [0.2, 0.25) is 0 Å². The molecule has 0 spiro atoms. The van der Waals surface area contributed by atoms with E-state index in [0.29, 0.717) is 5.69 Å². The van der Waals surface area contributed by atoms with E-state index in [1.165, 1.54) is 12.1 Å². The fourth-order valence-corrected chi connectivity index (χ4v) is 2.12. The minimum absolute atomic E-state index is 0.00122. The van der Waals surface area contributed by atoms with Gasteiger partial charge in [-0.15, -0.1) is 5.10 Å². The summed E-state index contributed by atoms with van der Waals surface area (Å²) in [5.41, 5.74) is 2.34. The fourth-order valence-electron chi connectivity index (χ4n) is 2.12. The summed E-state index contributed by atoms with van der Waals surface area (Å²) in [5.74, 6) is -0.532. The summed E-state index contributed by atoms with van der Waals surface area (Å²) in [7, 11) is 0. The molecule has 1 unspecified atom stereocenters. The van der Waals surface area contributed by atoms with Crippen molar-refractivity contribution in [3.8, 4) is 11.8 Å². The van der Waals surface area contributed by atoms with Crippen molar-refractivity contribution in [2.45, 2.75) is 26.8 Å². The molecular weight excluding hydrogens is 257 g/mol. The normalized spacial score (nSPS) is 12.2. The van der Waals surface area contributed by atoms with Crippen molar-refractivity contribution in [1.29, 1.82) is 5.26 Å². The van der Waals surface area contributed by atoms with Gasteiger partial charge in [-0.2, -0.15) is 5.26 Å². The molecule has 0 bridgehead atoms. The van der Waals surface area contributed by atoms with Gasteiger partial charge in [0, 0.05) is 0 Å². The molecule has 1 atom stereocenters. The van der Waals surface area contributed by atoms with E-state index in [2.05, 4.69) is 15.6 Å². The number of halogens is 1. The van der Waals surface area contributed by atoms with Crippen LogP contribution in [-0.2, 0) is 0 Å². The van der Waals surface area contributed by atoms with Crippen molar-refractivity contribution >= 4 is 0 Å². The quantitative estimate of drug-likeness (QED) is 0.927. The Hall–Kier alpha value is -2.26. The molecule has 0 fully saturated rings. The zero-order valence-electron chi connectivity index (χ0n) is 11.7. The van der Waals surface area contributed by atoms with Gasteiger partial charge in [-0.3, -0.25) is 0 Å². The van der Waals surface area contributed by atoms with Crippen LogP contribution in [0.25, 0.3) is 5.69 Å². The molecule has 20 heavy (non-hydrogen) atoms. The zero-order valence-corrected chi connectivity index (χ0v) is 11.7. The van der Waals surface area contributed by atoms with Crippen LogP contribution in [0.4, 0.5) is 4.39 Å². The SMILES string of the molecule is CCNC(C)c1nnn(-c2ccc(F)c(C#N)c2)c1C. The topological polar surface area (TPSA) is 66.5 Å². The number of aromatic nitrogens is 3. The highest BCUT2D eigenvalue weighted by Crippen LogP contribution is 2.19. The molecule has 1 aromatic carbocycles. The molecule has 2 rings (SSSR count). The molecule has 0 aliphatic carbocycles. The summed E-state index contributed by atoms with van der Waals surface area (Å²) in [6, 6.07) is 6.23. The second-order valence-electron chi connectivity index (χ2n) is 4.53. The number of nitrogens with one attached hydrogen (secondary N) is 1. The minimum atomic E-state index is -0.532. The first-order valence-corrected chi connectivity index (χ1v) is 6.44. The number of nitriles is 1. The summed E-state index contributed by atoms with van der Waals surface area (Å²) in [5, 5.41) is 20.4. The van der Waals surface area contributed by atoms with Crippen LogP contribution in [0.2, 0.25) is 0 Å². The van der Waals surface area contributed by atoms with Gasteiger partial charge < -0.3 is 5.32 Å². The Morgan fingerprint density at radius 2 is 2.25 bits per heavy atom. The van der Waals surface area contributed by atoms with Crippen LogP contribution < -0.4 is 5.32 Å². The van der Waals surface area contributed by atoms with Crippen LogP contribution in [0.1, 0.15) is 36.8 Å². The molecule has 5 nitrogen and oxygen atoms in total. The molecule has 0 aliphatic rings. The number of hydrogen-bond donors (Lipinski definition) is 1. The summed E-state index contributed by atoms with van der Waals surface area (Å²) in [6.45, 7) is 6.77. The predicted octanol–water partition coefficient (Wildman–Crippen LogP) is 2.26. The fraction of sp³-hybridized carbons (Fsp3) is 0.357. The van der Waals surface area contributed by atoms with Crippen molar-refractivity contribution in [2.75, 3.05) is 6.54 Å². The first kappa shape index (κ1) is 14.2. The van der Waals surface area contributed by atoms with Gasteiger partial charge in [0.15, 0.2) is 0 Å². The molecule has 0 saturated heterocycles. The molecule has 2 aromatic rings. The van der Waals surface area contributed by atoms with Gasteiger partial charge in [-0.1, -0.05) is 12.1 Å². The van der Waals surface area contributed by atoms with Crippen LogP contribution in [0.3, 0.4) is 0 Å². The van der Waals surface area contributed by atoms with Crippen LogP contribution in [0.5, 0.6) is 0 Å². The van der Waals surface area contributed by atoms with Gasteiger partial charge in [0.1, 0.15) is 17.6 Å². The minimum Gasteiger partial charge on any atom is -0.309 e. The van der Waals surface area contributed by atoms with Gasteiger partial charge >= 0.3 is 0 Å². The molecule has 0 aliphatic heterocycles. The number of hydrogen-bond acceptors (Lipinski definition) is 4. The maximum atomic E-state index is 13.3. The molecular formula is C14H16FN5. The van der Waals surface area contributed by atoms with E-state index >= 15 is 0 Å². The smallest absolute Gasteiger partial charge is 0.141 e. The van der Waals surface area contributed by atoms with E-state index < -0.39 is 5.82 Å². The highest BCUT2D eigenvalue weighted by atomic mass is 19.1. The molecule has 1 N–H and O–H groups in total. The van der Waals surface area contributed by atoms with Gasteiger partial charge in [0.05, 0.1) is 23.0 Å². The van der Waals surface area contributed by atoms with Crippen molar-refractivity contribution in [3.63, 3.8) is 0 Å². The lowest BCUT2D eigenvalue weighted by Crippen LogP contribution is -2.19. The largest absolute Gasteiger partial charge is 0.309 e. The molecule has 1 heterocycles. The van der Waals surface area contributed by atoms with Crippen molar-refractivity contribution in [2.24, 2.45) is 0 Å². The lowest BCUT2D eigenvalue weighted by molar-refractivity contribution is 0.579. The van der Waals surface area contributed by atoms with E-state index in [0.717, 1.165) is 17.9 Å². The maximum absolute atomic E-state index is 13.3. The van der Waals surface area contributed by atoms with E-state index in [1.54, 1.807) is 10.7 Å². The van der Waals surface area contributed by atoms with E-state index in [9.17, 15) is 4.39 Å². The zero-order chi connectivity index (χ0) is 14.7. The Balaban J connectivity index is 2.42. The molecule has 0 radical (unpaired) electrons. The predicted molar refractivity (Wildman–Crippen MR) is 72.9 cm³/mol. The Bertz CT molecular complexity index is 656. The third kappa shape index (κ3) is 2.53. The van der Waals surface area contributed by atoms with E-state index in [4.69, 9.17) is 5.26 Å². The van der Waals surface area contributed by atoms with Crippen LogP contribution in [0.15, 0.2) is 18.2 Å². The summed E-state index contributed by atoms with van der Waals surface area (Å²) >= 11 is 0. The van der Waals surface area contributed by atoms with Crippen molar-refractivity contribution in [3.05, 3.63) is 41.0 Å². The first-order chi connectivity index (χ1) is 9.58. The highest BCUT2D eigenvalue weighted by molar-refractivity contribution is 5.42. The average molecular weight is 273 g/mol. The standard InChI is InChI=1S/C14H16FN5/c1-4-17-9(2)14-10(3)20(19-18-14)12-5-6-13(15)11(7-12)8-16/h5-7,9,17H,4H2,1-3H3. The Kier molecular flexibility index (Phi) is 4.11. The van der Waals surface area contributed by atoms with Crippen LogP contribution >= 0.6 is 0 Å². The van der Waals surface area contributed by atoms with Gasteiger partial charge in [-0.05, 0) is 38.6 Å².